The van der Waals surface area contributed by atoms with Crippen molar-refractivity contribution in [2.75, 3.05) is 0 Å². The van der Waals surface area contributed by atoms with E-state index in [1.165, 1.54) is 0 Å². The molecule has 2 rings (SSSR count). The number of hydrogen-bond acceptors (Lipinski definition) is 3. The van der Waals surface area contributed by atoms with Crippen LogP contribution >= 0.6 is 0 Å². The lowest BCUT2D eigenvalue weighted by molar-refractivity contribution is -0.134. The van der Waals surface area contributed by atoms with Crippen LogP contribution in [-0.2, 0) is 9.59 Å². The first-order chi connectivity index (χ1) is 6.77. The number of pyridine rings is 1. The maximum Gasteiger partial charge on any atom is 0.234 e. The third-order valence-electron chi connectivity index (χ3n) is 2.33. The highest BCUT2D eigenvalue weighted by atomic mass is 16.2. The van der Waals surface area contributed by atoms with Crippen molar-refractivity contribution in [1.82, 2.24) is 10.3 Å². The van der Waals surface area contributed by atoms with Gasteiger partial charge in [0.25, 0.3) is 0 Å². The third kappa shape index (κ3) is 1.64. The van der Waals surface area contributed by atoms with E-state index in [2.05, 4.69) is 10.3 Å². The van der Waals surface area contributed by atoms with E-state index in [9.17, 15) is 9.59 Å². The van der Waals surface area contributed by atoms with Crippen LogP contribution in [-0.4, -0.2) is 16.8 Å². The summed E-state index contributed by atoms with van der Waals surface area (Å²) in [7, 11) is 0. The van der Waals surface area contributed by atoms with E-state index < -0.39 is 0 Å². The highest BCUT2D eigenvalue weighted by molar-refractivity contribution is 6.00. The average Bonchev–Trinajstić information content (AvgIpc) is 2.19. The summed E-state index contributed by atoms with van der Waals surface area (Å²) < 4.78 is 0. The number of nitrogens with zero attached hydrogens (tertiary/aromatic N) is 1. The first-order valence-electron chi connectivity index (χ1n) is 4.51. The van der Waals surface area contributed by atoms with Crippen LogP contribution in [0.25, 0.3) is 0 Å². The van der Waals surface area contributed by atoms with Crippen molar-refractivity contribution in [2.45, 2.75) is 18.8 Å². The minimum Gasteiger partial charge on any atom is -0.296 e. The molecule has 72 valence electrons. The number of carbonyl (C=O) groups is 2. The first-order valence-corrected chi connectivity index (χ1v) is 4.51. The van der Waals surface area contributed by atoms with Crippen molar-refractivity contribution in [3.63, 3.8) is 0 Å². The van der Waals surface area contributed by atoms with Crippen LogP contribution in [0, 0.1) is 0 Å². The van der Waals surface area contributed by atoms with Crippen LogP contribution in [0.2, 0.25) is 0 Å². The lowest BCUT2D eigenvalue weighted by Gasteiger charge is -2.20. The molecule has 4 nitrogen and oxygen atoms in total. The fraction of sp³-hybridized carbons (Fsp3) is 0.300. The monoisotopic (exact) mass is 190 g/mol. The normalized spacial score (nSPS) is 21.9. The van der Waals surface area contributed by atoms with Gasteiger partial charge in [-0.1, -0.05) is 6.07 Å². The number of nitrogens with one attached hydrogen (secondary N) is 1. The summed E-state index contributed by atoms with van der Waals surface area (Å²) in [5.41, 5.74) is 0.873. The SMILES string of the molecule is O=C1CC[C@@H](c2cccnc2)C(=O)N1. The molecule has 1 N–H and O–H groups in total. The van der Waals surface area contributed by atoms with E-state index in [1.807, 2.05) is 6.07 Å². The molecule has 1 aliphatic rings. The Morgan fingerprint density at radius 3 is 2.93 bits per heavy atom. The van der Waals surface area contributed by atoms with E-state index >= 15 is 0 Å². The Morgan fingerprint density at radius 1 is 1.43 bits per heavy atom. The second kappa shape index (κ2) is 3.57. The predicted molar refractivity (Wildman–Crippen MR) is 49.4 cm³/mol. The van der Waals surface area contributed by atoms with Crippen molar-refractivity contribution in [1.29, 1.82) is 0 Å². The smallest absolute Gasteiger partial charge is 0.234 e. The third-order valence-corrected chi connectivity index (χ3v) is 2.33. The molecule has 0 unspecified atom stereocenters. The van der Waals surface area contributed by atoms with Gasteiger partial charge in [-0.3, -0.25) is 19.9 Å². The molecule has 4 heteroatoms. The number of amides is 2. The Morgan fingerprint density at radius 2 is 2.29 bits per heavy atom. The number of rotatable bonds is 1. The summed E-state index contributed by atoms with van der Waals surface area (Å²) in [6.45, 7) is 0. The minimum atomic E-state index is -0.221. The molecule has 0 spiro atoms. The van der Waals surface area contributed by atoms with E-state index in [0.717, 1.165) is 5.56 Å². The number of aromatic nitrogens is 1. The van der Waals surface area contributed by atoms with Gasteiger partial charge in [-0.15, -0.1) is 0 Å². The van der Waals surface area contributed by atoms with Crippen LogP contribution in [0.1, 0.15) is 24.3 Å². The summed E-state index contributed by atoms with van der Waals surface area (Å²) in [4.78, 5) is 26.3. The van der Waals surface area contributed by atoms with Crippen molar-refractivity contribution in [3.8, 4) is 0 Å². The Hall–Kier alpha value is -1.71. The van der Waals surface area contributed by atoms with Gasteiger partial charge in [0.2, 0.25) is 11.8 Å². The molecule has 1 aromatic heterocycles. The van der Waals surface area contributed by atoms with Crippen molar-refractivity contribution >= 4 is 11.8 Å². The zero-order chi connectivity index (χ0) is 9.97. The number of hydrogen-bond donors (Lipinski definition) is 1. The molecule has 2 heterocycles. The molecule has 1 aliphatic heterocycles. The zero-order valence-electron chi connectivity index (χ0n) is 7.56. The molecule has 0 aliphatic carbocycles. The van der Waals surface area contributed by atoms with Gasteiger partial charge < -0.3 is 0 Å². The van der Waals surface area contributed by atoms with Gasteiger partial charge in [-0.25, -0.2) is 0 Å². The van der Waals surface area contributed by atoms with Crippen LogP contribution in [0.15, 0.2) is 24.5 Å². The second-order valence-electron chi connectivity index (χ2n) is 3.29. The van der Waals surface area contributed by atoms with Gasteiger partial charge in [0.15, 0.2) is 0 Å². The van der Waals surface area contributed by atoms with Gasteiger partial charge in [0.1, 0.15) is 0 Å². The zero-order valence-corrected chi connectivity index (χ0v) is 7.56. The first kappa shape index (κ1) is 8.87. The van der Waals surface area contributed by atoms with Crippen molar-refractivity contribution in [3.05, 3.63) is 30.1 Å². The Kier molecular flexibility index (Phi) is 2.26. The lowest BCUT2D eigenvalue weighted by atomic mass is 9.92. The highest BCUT2D eigenvalue weighted by Gasteiger charge is 2.27. The maximum atomic E-state index is 11.4. The van der Waals surface area contributed by atoms with Crippen LogP contribution in [0.4, 0.5) is 0 Å². The van der Waals surface area contributed by atoms with Gasteiger partial charge in [0.05, 0.1) is 5.92 Å². The Balaban J connectivity index is 2.20. The minimum absolute atomic E-state index is 0.185. The molecule has 1 fully saturated rings. The van der Waals surface area contributed by atoms with Gasteiger partial charge in [-0.2, -0.15) is 0 Å². The Labute approximate surface area is 81.3 Å². The molecule has 0 bridgehead atoms. The fourth-order valence-electron chi connectivity index (χ4n) is 1.59. The topological polar surface area (TPSA) is 59.1 Å². The largest absolute Gasteiger partial charge is 0.296 e. The summed E-state index contributed by atoms with van der Waals surface area (Å²) in [5, 5.41) is 2.32. The highest BCUT2D eigenvalue weighted by Crippen LogP contribution is 2.23. The molecule has 14 heavy (non-hydrogen) atoms. The molecule has 0 aromatic carbocycles. The molecule has 1 aromatic rings. The van der Waals surface area contributed by atoms with E-state index in [1.54, 1.807) is 18.5 Å². The summed E-state index contributed by atoms with van der Waals surface area (Å²) in [6.07, 6.45) is 4.32. The van der Waals surface area contributed by atoms with E-state index in [-0.39, 0.29) is 17.7 Å². The average molecular weight is 190 g/mol. The predicted octanol–water partition coefficient (Wildman–Crippen LogP) is 0.602. The summed E-state index contributed by atoms with van der Waals surface area (Å²) in [6, 6.07) is 3.64. The molecule has 0 radical (unpaired) electrons. The van der Waals surface area contributed by atoms with Gasteiger partial charge >= 0.3 is 0 Å². The Bertz CT molecular complexity index is 362. The van der Waals surface area contributed by atoms with E-state index in [4.69, 9.17) is 0 Å². The van der Waals surface area contributed by atoms with Crippen molar-refractivity contribution < 1.29 is 9.59 Å². The molecule has 1 saturated heterocycles. The number of imide groups is 1. The second-order valence-corrected chi connectivity index (χ2v) is 3.29. The molecular formula is C10H10N2O2. The van der Waals surface area contributed by atoms with Crippen LogP contribution in [0.5, 0.6) is 0 Å². The quantitative estimate of drug-likeness (QED) is 0.660. The molecule has 2 amide bonds. The van der Waals surface area contributed by atoms with Crippen LogP contribution in [0.3, 0.4) is 0 Å². The molecule has 1 atom stereocenters. The number of piperidine rings is 1. The molecule has 0 saturated carbocycles. The summed E-state index contributed by atoms with van der Waals surface area (Å²) in [5.74, 6) is -0.620. The van der Waals surface area contributed by atoms with Crippen LogP contribution < -0.4 is 5.32 Å². The van der Waals surface area contributed by atoms with Gasteiger partial charge in [0, 0.05) is 18.8 Å². The fourth-order valence-corrected chi connectivity index (χ4v) is 1.59. The maximum absolute atomic E-state index is 11.4. The number of carbonyl (C=O) groups excluding carboxylic acids is 2. The molecular weight excluding hydrogens is 180 g/mol. The van der Waals surface area contributed by atoms with E-state index in [0.29, 0.717) is 12.8 Å². The lowest BCUT2D eigenvalue weighted by Crippen LogP contribution is -2.39. The van der Waals surface area contributed by atoms with Crippen molar-refractivity contribution in [2.24, 2.45) is 0 Å². The summed E-state index contributed by atoms with van der Waals surface area (Å²) >= 11 is 0. The van der Waals surface area contributed by atoms with Gasteiger partial charge in [-0.05, 0) is 18.1 Å². The standard InChI is InChI=1S/C10H10N2O2/c13-9-4-3-8(10(14)12-9)7-2-1-5-11-6-7/h1-2,5-6,8H,3-4H2,(H,12,13,14)/t8-/m0/s1.